The summed E-state index contributed by atoms with van der Waals surface area (Å²) in [7, 11) is 1.78. The molecule has 0 aliphatic carbocycles. The van der Waals surface area contributed by atoms with E-state index in [2.05, 4.69) is 27.8 Å². The van der Waals surface area contributed by atoms with Crippen LogP contribution in [0.2, 0.25) is 0 Å². The Hall–Kier alpha value is -0.940. The molecule has 0 aromatic heterocycles. The van der Waals surface area contributed by atoms with Gasteiger partial charge in [-0.15, -0.1) is 0 Å². The third-order valence-corrected chi connectivity index (χ3v) is 4.59. The first-order valence-electron chi connectivity index (χ1n) is 6.97. The van der Waals surface area contributed by atoms with E-state index in [-0.39, 0.29) is 11.7 Å². The van der Waals surface area contributed by atoms with Gasteiger partial charge in [-0.25, -0.2) is 4.39 Å². The van der Waals surface area contributed by atoms with Gasteiger partial charge in [-0.05, 0) is 60.1 Å². The molecule has 20 heavy (non-hydrogen) atoms. The summed E-state index contributed by atoms with van der Waals surface area (Å²) in [6.07, 6.45) is 2.31. The van der Waals surface area contributed by atoms with Gasteiger partial charge in [0.25, 0.3) is 5.91 Å². The summed E-state index contributed by atoms with van der Waals surface area (Å²) >= 11 is 3.31. The van der Waals surface area contributed by atoms with Crippen molar-refractivity contribution in [1.82, 2.24) is 9.80 Å². The fourth-order valence-electron chi connectivity index (χ4n) is 2.78. The molecule has 1 aliphatic rings. The average molecular weight is 343 g/mol. The molecule has 0 radical (unpaired) electrons. The highest BCUT2D eigenvalue weighted by Crippen LogP contribution is 2.21. The van der Waals surface area contributed by atoms with E-state index in [1.54, 1.807) is 18.0 Å². The molecule has 1 heterocycles. The van der Waals surface area contributed by atoms with Crippen LogP contribution in [-0.4, -0.2) is 48.4 Å². The standard InChI is InChI=1S/C15H20BrFN2O/c1-3-19-8-4-5-12(19)10-18(2)15(20)13-9-11(17)6-7-14(13)16/h6-7,9,12H,3-5,8,10H2,1-2H3. The number of likely N-dealkylation sites (tertiary alicyclic amines) is 1. The van der Waals surface area contributed by atoms with Gasteiger partial charge in [0.15, 0.2) is 0 Å². The van der Waals surface area contributed by atoms with Crippen molar-refractivity contribution in [3.63, 3.8) is 0 Å². The van der Waals surface area contributed by atoms with Gasteiger partial charge < -0.3 is 4.90 Å². The van der Waals surface area contributed by atoms with Crippen molar-refractivity contribution >= 4 is 21.8 Å². The molecule has 5 heteroatoms. The highest BCUT2D eigenvalue weighted by molar-refractivity contribution is 9.10. The van der Waals surface area contributed by atoms with Gasteiger partial charge in [0, 0.05) is 24.1 Å². The lowest BCUT2D eigenvalue weighted by Gasteiger charge is -2.28. The van der Waals surface area contributed by atoms with Crippen molar-refractivity contribution < 1.29 is 9.18 Å². The summed E-state index contributed by atoms with van der Waals surface area (Å²) in [6.45, 7) is 4.95. The van der Waals surface area contributed by atoms with E-state index in [9.17, 15) is 9.18 Å². The lowest BCUT2D eigenvalue weighted by atomic mass is 10.1. The van der Waals surface area contributed by atoms with Gasteiger partial charge >= 0.3 is 0 Å². The van der Waals surface area contributed by atoms with Crippen molar-refractivity contribution in [3.05, 3.63) is 34.1 Å². The molecular weight excluding hydrogens is 323 g/mol. The Kier molecular flexibility index (Phi) is 5.16. The molecule has 1 unspecified atom stereocenters. The normalized spacial score (nSPS) is 19.3. The molecule has 0 N–H and O–H groups in total. The van der Waals surface area contributed by atoms with Gasteiger partial charge in [0.05, 0.1) is 5.56 Å². The third kappa shape index (κ3) is 3.38. The number of carbonyl (C=O) groups excluding carboxylic acids is 1. The SMILES string of the molecule is CCN1CCCC1CN(C)C(=O)c1cc(F)ccc1Br. The van der Waals surface area contributed by atoms with E-state index < -0.39 is 0 Å². The number of likely N-dealkylation sites (N-methyl/N-ethyl adjacent to an activating group) is 2. The van der Waals surface area contributed by atoms with Crippen molar-refractivity contribution in [2.45, 2.75) is 25.8 Å². The van der Waals surface area contributed by atoms with Crippen LogP contribution in [0.15, 0.2) is 22.7 Å². The molecule has 0 bridgehead atoms. The summed E-state index contributed by atoms with van der Waals surface area (Å²) < 4.78 is 13.9. The molecular formula is C15H20BrFN2O. The highest BCUT2D eigenvalue weighted by Gasteiger charge is 2.26. The van der Waals surface area contributed by atoms with Crippen molar-refractivity contribution in [2.24, 2.45) is 0 Å². The largest absolute Gasteiger partial charge is 0.340 e. The lowest BCUT2D eigenvalue weighted by Crippen LogP contribution is -2.41. The van der Waals surface area contributed by atoms with Crippen LogP contribution in [0.1, 0.15) is 30.1 Å². The summed E-state index contributed by atoms with van der Waals surface area (Å²) in [4.78, 5) is 16.5. The van der Waals surface area contributed by atoms with Crippen molar-refractivity contribution in [3.8, 4) is 0 Å². The fourth-order valence-corrected chi connectivity index (χ4v) is 3.20. The first-order valence-corrected chi connectivity index (χ1v) is 7.76. The molecule has 1 atom stereocenters. The summed E-state index contributed by atoms with van der Waals surface area (Å²) in [5.41, 5.74) is 0.383. The van der Waals surface area contributed by atoms with Crippen LogP contribution >= 0.6 is 15.9 Å². The average Bonchev–Trinajstić information content (AvgIpc) is 2.87. The highest BCUT2D eigenvalue weighted by atomic mass is 79.9. The third-order valence-electron chi connectivity index (χ3n) is 3.90. The quantitative estimate of drug-likeness (QED) is 0.839. The second-order valence-corrected chi connectivity index (χ2v) is 6.09. The van der Waals surface area contributed by atoms with Crippen LogP contribution in [-0.2, 0) is 0 Å². The maximum Gasteiger partial charge on any atom is 0.254 e. The van der Waals surface area contributed by atoms with E-state index >= 15 is 0 Å². The number of carbonyl (C=O) groups is 1. The Morgan fingerprint density at radius 2 is 2.30 bits per heavy atom. The molecule has 1 fully saturated rings. The Balaban J connectivity index is 2.07. The summed E-state index contributed by atoms with van der Waals surface area (Å²) in [6, 6.07) is 4.62. The zero-order valence-corrected chi connectivity index (χ0v) is 13.5. The van der Waals surface area contributed by atoms with Crippen molar-refractivity contribution in [2.75, 3.05) is 26.7 Å². The topological polar surface area (TPSA) is 23.6 Å². The van der Waals surface area contributed by atoms with E-state index in [0.717, 1.165) is 19.5 Å². The van der Waals surface area contributed by atoms with E-state index in [1.807, 2.05) is 0 Å². The van der Waals surface area contributed by atoms with Crippen LogP contribution in [0.3, 0.4) is 0 Å². The van der Waals surface area contributed by atoms with Crippen LogP contribution in [0.25, 0.3) is 0 Å². The zero-order chi connectivity index (χ0) is 14.7. The maximum atomic E-state index is 13.3. The minimum absolute atomic E-state index is 0.140. The predicted octanol–water partition coefficient (Wildman–Crippen LogP) is 3.14. The second-order valence-electron chi connectivity index (χ2n) is 5.23. The lowest BCUT2D eigenvalue weighted by molar-refractivity contribution is 0.0753. The first-order chi connectivity index (χ1) is 9.52. The van der Waals surface area contributed by atoms with E-state index in [0.29, 0.717) is 22.6 Å². The summed E-state index contributed by atoms with van der Waals surface area (Å²) in [5.74, 6) is -0.527. The van der Waals surface area contributed by atoms with Crippen molar-refractivity contribution in [1.29, 1.82) is 0 Å². The van der Waals surface area contributed by atoms with Crippen LogP contribution < -0.4 is 0 Å². The molecule has 0 spiro atoms. The molecule has 1 aliphatic heterocycles. The molecule has 2 rings (SSSR count). The van der Waals surface area contributed by atoms with E-state index in [1.165, 1.54) is 18.6 Å². The molecule has 1 aromatic carbocycles. The number of hydrogen-bond donors (Lipinski definition) is 0. The fraction of sp³-hybridized carbons (Fsp3) is 0.533. The Bertz CT molecular complexity index is 495. The minimum Gasteiger partial charge on any atom is -0.340 e. The monoisotopic (exact) mass is 342 g/mol. The molecule has 3 nitrogen and oxygen atoms in total. The minimum atomic E-state index is -0.388. The number of halogens is 2. The number of rotatable bonds is 4. The molecule has 1 saturated heterocycles. The van der Waals surface area contributed by atoms with Crippen LogP contribution in [0.4, 0.5) is 4.39 Å². The van der Waals surface area contributed by atoms with Gasteiger partial charge in [-0.2, -0.15) is 0 Å². The summed E-state index contributed by atoms with van der Waals surface area (Å²) in [5, 5.41) is 0. The molecule has 1 aromatic rings. The second kappa shape index (κ2) is 6.68. The number of nitrogens with zero attached hydrogens (tertiary/aromatic N) is 2. The smallest absolute Gasteiger partial charge is 0.254 e. The number of hydrogen-bond acceptors (Lipinski definition) is 2. The number of benzene rings is 1. The maximum absolute atomic E-state index is 13.3. The Labute approximate surface area is 127 Å². The molecule has 0 saturated carbocycles. The molecule has 1 amide bonds. The van der Waals surface area contributed by atoms with E-state index in [4.69, 9.17) is 0 Å². The van der Waals surface area contributed by atoms with Gasteiger partial charge in [-0.3, -0.25) is 9.69 Å². The number of amides is 1. The van der Waals surface area contributed by atoms with Gasteiger partial charge in [0.1, 0.15) is 5.82 Å². The Morgan fingerprint density at radius 3 is 3.00 bits per heavy atom. The predicted molar refractivity (Wildman–Crippen MR) is 81.3 cm³/mol. The van der Waals surface area contributed by atoms with Gasteiger partial charge in [-0.1, -0.05) is 6.92 Å². The van der Waals surface area contributed by atoms with Gasteiger partial charge in [0.2, 0.25) is 0 Å². The zero-order valence-electron chi connectivity index (χ0n) is 11.9. The Morgan fingerprint density at radius 1 is 1.55 bits per heavy atom. The van der Waals surface area contributed by atoms with Crippen LogP contribution in [0, 0.1) is 5.82 Å². The first kappa shape index (κ1) is 15.4. The molecule has 110 valence electrons. The van der Waals surface area contributed by atoms with Crippen LogP contribution in [0.5, 0.6) is 0 Å².